The van der Waals surface area contributed by atoms with Gasteiger partial charge in [0.15, 0.2) is 0 Å². The zero-order chi connectivity index (χ0) is 16.9. The third-order valence-electron chi connectivity index (χ3n) is 4.12. The second kappa shape index (κ2) is 7.27. The quantitative estimate of drug-likeness (QED) is 0.874. The summed E-state index contributed by atoms with van der Waals surface area (Å²) in [6.45, 7) is 0.0613. The summed E-state index contributed by atoms with van der Waals surface area (Å²) in [5.41, 5.74) is 8.62. The fourth-order valence-electron chi connectivity index (χ4n) is 2.81. The van der Waals surface area contributed by atoms with Crippen LogP contribution >= 0.6 is 0 Å². The van der Waals surface area contributed by atoms with Gasteiger partial charge in [-0.3, -0.25) is 14.5 Å². The summed E-state index contributed by atoms with van der Waals surface area (Å²) in [7, 11) is 0. The van der Waals surface area contributed by atoms with E-state index in [0.717, 1.165) is 23.2 Å². The first-order valence-corrected chi connectivity index (χ1v) is 7.99. The number of hydrogen-bond acceptors (Lipinski definition) is 4. The van der Waals surface area contributed by atoms with E-state index < -0.39 is 12.0 Å². The second-order valence-electron chi connectivity index (χ2n) is 5.84. The number of carbonyl (C=O) groups excluding carboxylic acids is 2. The van der Waals surface area contributed by atoms with Crippen molar-refractivity contribution in [2.24, 2.45) is 5.73 Å². The number of fused-ring (bicyclic) bond motifs is 1. The lowest BCUT2D eigenvalue weighted by Gasteiger charge is -2.23. The first kappa shape index (κ1) is 16.2. The predicted octanol–water partition coefficient (Wildman–Crippen LogP) is 2.04. The number of nitrogens with zero attached hydrogens (tertiary/aromatic N) is 1. The van der Waals surface area contributed by atoms with Crippen molar-refractivity contribution in [2.45, 2.75) is 25.5 Å². The number of hydrogen-bond donors (Lipinski definition) is 1. The van der Waals surface area contributed by atoms with Crippen molar-refractivity contribution in [3.63, 3.8) is 0 Å². The van der Waals surface area contributed by atoms with E-state index in [9.17, 15) is 9.59 Å². The van der Waals surface area contributed by atoms with Gasteiger partial charge in [-0.05, 0) is 30.0 Å². The second-order valence-corrected chi connectivity index (χ2v) is 5.84. The number of ether oxygens (including phenoxy) is 1. The normalized spacial score (nSPS) is 17.1. The average molecular weight is 324 g/mol. The molecular weight excluding hydrogens is 304 g/mol. The Labute approximate surface area is 141 Å². The van der Waals surface area contributed by atoms with E-state index in [2.05, 4.69) is 0 Å². The summed E-state index contributed by atoms with van der Waals surface area (Å²) in [6.07, 6.45) is 1.30. The van der Waals surface area contributed by atoms with Crippen LogP contribution in [0.3, 0.4) is 0 Å². The summed E-state index contributed by atoms with van der Waals surface area (Å²) in [5, 5.41) is 0. The molecule has 0 aliphatic carbocycles. The van der Waals surface area contributed by atoms with E-state index in [1.165, 1.54) is 4.90 Å². The molecule has 1 aliphatic rings. The lowest BCUT2D eigenvalue weighted by molar-refractivity contribution is -0.144. The Morgan fingerprint density at radius 1 is 1.12 bits per heavy atom. The van der Waals surface area contributed by atoms with Gasteiger partial charge in [-0.15, -0.1) is 0 Å². The van der Waals surface area contributed by atoms with Gasteiger partial charge in [0.25, 0.3) is 0 Å². The minimum absolute atomic E-state index is 0.129. The number of para-hydroxylation sites is 1. The van der Waals surface area contributed by atoms with Crippen LogP contribution in [0.15, 0.2) is 54.6 Å². The van der Waals surface area contributed by atoms with Crippen molar-refractivity contribution in [2.75, 3.05) is 11.4 Å². The highest BCUT2D eigenvalue weighted by Gasteiger charge is 2.29. The number of nitrogens with two attached hydrogens (primary N) is 1. The SMILES string of the molecule is NC1CCc2ccccc2N(CC(=O)OCc2ccccc2)C1=O. The Bertz CT molecular complexity index is 730. The molecule has 0 aromatic heterocycles. The highest BCUT2D eigenvalue weighted by Crippen LogP contribution is 2.26. The topological polar surface area (TPSA) is 72.6 Å². The van der Waals surface area contributed by atoms with Crippen LogP contribution in [-0.4, -0.2) is 24.5 Å². The summed E-state index contributed by atoms with van der Waals surface area (Å²) in [5.74, 6) is -0.687. The molecule has 0 fully saturated rings. The standard InChI is InChI=1S/C19H20N2O3/c20-16-11-10-15-8-4-5-9-17(15)21(19(16)23)12-18(22)24-13-14-6-2-1-3-7-14/h1-9,16H,10-13,20H2. The van der Waals surface area contributed by atoms with Gasteiger partial charge in [0, 0.05) is 5.69 Å². The summed E-state index contributed by atoms with van der Waals surface area (Å²) >= 11 is 0. The Balaban J connectivity index is 1.72. The molecule has 0 spiro atoms. The van der Waals surface area contributed by atoms with Crippen LogP contribution in [0.1, 0.15) is 17.5 Å². The molecule has 1 aliphatic heterocycles. The molecule has 1 amide bonds. The van der Waals surface area contributed by atoms with Gasteiger partial charge < -0.3 is 10.5 Å². The van der Waals surface area contributed by atoms with Gasteiger partial charge in [0.2, 0.25) is 5.91 Å². The van der Waals surface area contributed by atoms with E-state index in [1.807, 2.05) is 54.6 Å². The van der Waals surface area contributed by atoms with Crippen molar-refractivity contribution >= 4 is 17.6 Å². The zero-order valence-electron chi connectivity index (χ0n) is 13.4. The number of esters is 1. The number of carbonyl (C=O) groups is 2. The van der Waals surface area contributed by atoms with Gasteiger partial charge in [-0.1, -0.05) is 48.5 Å². The molecule has 2 N–H and O–H groups in total. The van der Waals surface area contributed by atoms with Crippen LogP contribution in [0.25, 0.3) is 0 Å². The van der Waals surface area contributed by atoms with Crippen molar-refractivity contribution < 1.29 is 14.3 Å². The van der Waals surface area contributed by atoms with Crippen LogP contribution in [0.4, 0.5) is 5.69 Å². The number of anilines is 1. The lowest BCUT2D eigenvalue weighted by atomic mass is 10.1. The molecule has 2 aromatic rings. The van der Waals surface area contributed by atoms with Crippen molar-refractivity contribution in [3.05, 3.63) is 65.7 Å². The molecule has 1 heterocycles. The van der Waals surface area contributed by atoms with Crippen LogP contribution in [0.5, 0.6) is 0 Å². The van der Waals surface area contributed by atoms with Crippen molar-refractivity contribution in [1.29, 1.82) is 0 Å². The molecule has 1 unspecified atom stereocenters. The summed E-state index contributed by atoms with van der Waals surface area (Å²) in [6, 6.07) is 16.4. The highest BCUT2D eigenvalue weighted by atomic mass is 16.5. The summed E-state index contributed by atoms with van der Waals surface area (Å²) < 4.78 is 5.30. The molecule has 5 heteroatoms. The van der Waals surface area contributed by atoms with Crippen LogP contribution in [0, 0.1) is 0 Å². The maximum Gasteiger partial charge on any atom is 0.326 e. The number of benzene rings is 2. The van der Waals surface area contributed by atoms with Gasteiger partial charge >= 0.3 is 5.97 Å². The molecule has 3 rings (SSSR count). The minimum atomic E-state index is -0.598. The van der Waals surface area contributed by atoms with E-state index in [-0.39, 0.29) is 19.1 Å². The lowest BCUT2D eigenvalue weighted by Crippen LogP contribution is -2.45. The number of aryl methyl sites for hydroxylation is 1. The van der Waals surface area contributed by atoms with Crippen LogP contribution in [-0.2, 0) is 27.4 Å². The molecule has 1 atom stereocenters. The highest BCUT2D eigenvalue weighted by molar-refractivity contribution is 6.01. The van der Waals surface area contributed by atoms with Gasteiger partial charge in [-0.25, -0.2) is 0 Å². The van der Waals surface area contributed by atoms with Gasteiger partial charge in [-0.2, -0.15) is 0 Å². The first-order valence-electron chi connectivity index (χ1n) is 7.99. The molecule has 0 saturated heterocycles. The number of rotatable bonds is 4. The van der Waals surface area contributed by atoms with E-state index in [4.69, 9.17) is 10.5 Å². The van der Waals surface area contributed by atoms with Crippen molar-refractivity contribution in [3.8, 4) is 0 Å². The van der Waals surface area contributed by atoms with Gasteiger partial charge in [0.05, 0.1) is 6.04 Å². The van der Waals surface area contributed by atoms with Crippen LogP contribution < -0.4 is 10.6 Å². The molecule has 2 aromatic carbocycles. The Morgan fingerprint density at radius 3 is 2.62 bits per heavy atom. The fourth-order valence-corrected chi connectivity index (χ4v) is 2.81. The number of amides is 1. The smallest absolute Gasteiger partial charge is 0.326 e. The maximum absolute atomic E-state index is 12.5. The molecule has 0 saturated carbocycles. The van der Waals surface area contributed by atoms with E-state index >= 15 is 0 Å². The minimum Gasteiger partial charge on any atom is -0.459 e. The third-order valence-corrected chi connectivity index (χ3v) is 4.12. The largest absolute Gasteiger partial charge is 0.459 e. The third kappa shape index (κ3) is 3.63. The average Bonchev–Trinajstić information content (AvgIpc) is 2.73. The molecule has 124 valence electrons. The Kier molecular flexibility index (Phi) is 4.91. The zero-order valence-corrected chi connectivity index (χ0v) is 13.4. The molecule has 24 heavy (non-hydrogen) atoms. The summed E-state index contributed by atoms with van der Waals surface area (Å²) in [4.78, 5) is 26.2. The Morgan fingerprint density at radius 2 is 1.83 bits per heavy atom. The maximum atomic E-state index is 12.5. The monoisotopic (exact) mass is 324 g/mol. The molecule has 0 bridgehead atoms. The van der Waals surface area contributed by atoms with E-state index in [1.54, 1.807) is 0 Å². The molecule has 0 radical (unpaired) electrons. The fraction of sp³-hybridized carbons (Fsp3) is 0.263. The van der Waals surface area contributed by atoms with E-state index in [0.29, 0.717) is 6.42 Å². The first-order chi connectivity index (χ1) is 11.6. The predicted molar refractivity (Wildman–Crippen MR) is 91.3 cm³/mol. The molecule has 5 nitrogen and oxygen atoms in total. The molecular formula is C19H20N2O3. The Hall–Kier alpha value is -2.66. The van der Waals surface area contributed by atoms with Crippen molar-refractivity contribution in [1.82, 2.24) is 0 Å². The van der Waals surface area contributed by atoms with Gasteiger partial charge in [0.1, 0.15) is 13.2 Å². The van der Waals surface area contributed by atoms with Crippen LogP contribution in [0.2, 0.25) is 0 Å².